The third kappa shape index (κ3) is 5.08. The van der Waals surface area contributed by atoms with Gasteiger partial charge in [0.25, 0.3) is 5.69 Å². The van der Waals surface area contributed by atoms with Crippen molar-refractivity contribution in [2.75, 3.05) is 6.26 Å². The molecular weight excluding hydrogens is 405 g/mol. The number of nitro groups is 1. The van der Waals surface area contributed by atoms with Crippen molar-refractivity contribution in [3.63, 3.8) is 0 Å². The van der Waals surface area contributed by atoms with E-state index in [1.54, 1.807) is 18.2 Å². The van der Waals surface area contributed by atoms with E-state index in [0.717, 1.165) is 6.26 Å². The van der Waals surface area contributed by atoms with Crippen molar-refractivity contribution in [3.8, 4) is 11.5 Å². The molecule has 0 heterocycles. The van der Waals surface area contributed by atoms with Crippen LogP contribution in [0.4, 0.5) is 10.1 Å². The predicted molar refractivity (Wildman–Crippen MR) is 103 cm³/mol. The second-order valence-corrected chi connectivity index (χ2v) is 8.98. The number of ether oxygens (including phenoxy) is 1. The first-order valence-electron chi connectivity index (χ1n) is 7.91. The summed E-state index contributed by atoms with van der Waals surface area (Å²) in [5, 5.41) is 11.2. The van der Waals surface area contributed by atoms with Crippen LogP contribution in [0.1, 0.15) is 0 Å². The van der Waals surface area contributed by atoms with Gasteiger partial charge in [-0.3, -0.25) is 10.1 Å². The summed E-state index contributed by atoms with van der Waals surface area (Å²) in [5.41, 5.74) is -0.158. The Balaban J connectivity index is 1.88. The van der Waals surface area contributed by atoms with Crippen molar-refractivity contribution in [1.29, 1.82) is 0 Å². The predicted octanol–water partition coefficient (Wildman–Crippen LogP) is 5.08. The molecular formula is C19H14FNO5S2. The summed E-state index contributed by atoms with van der Waals surface area (Å²) in [7, 11) is -3.30. The highest BCUT2D eigenvalue weighted by Gasteiger charge is 2.13. The van der Waals surface area contributed by atoms with Crippen LogP contribution in [0.3, 0.4) is 0 Å². The van der Waals surface area contributed by atoms with Crippen molar-refractivity contribution in [2.24, 2.45) is 0 Å². The molecule has 0 radical (unpaired) electrons. The Bertz CT molecular complexity index is 1110. The minimum Gasteiger partial charge on any atom is -0.457 e. The Kier molecular flexibility index (Phi) is 5.66. The minimum absolute atomic E-state index is 0.158. The second-order valence-electron chi connectivity index (χ2n) is 5.82. The zero-order chi connectivity index (χ0) is 20.3. The molecule has 3 aromatic carbocycles. The largest absolute Gasteiger partial charge is 0.457 e. The molecule has 6 nitrogen and oxygen atoms in total. The zero-order valence-electron chi connectivity index (χ0n) is 14.5. The van der Waals surface area contributed by atoms with Gasteiger partial charge in [0.2, 0.25) is 0 Å². The Hall–Kier alpha value is -2.91. The summed E-state index contributed by atoms with van der Waals surface area (Å²) in [6.07, 6.45) is 1.12. The fourth-order valence-corrected chi connectivity index (χ4v) is 3.84. The summed E-state index contributed by atoms with van der Waals surface area (Å²) in [4.78, 5) is 12.1. The van der Waals surface area contributed by atoms with Crippen LogP contribution in [0.15, 0.2) is 81.4 Å². The zero-order valence-corrected chi connectivity index (χ0v) is 16.2. The average Bonchev–Trinajstić information content (AvgIpc) is 2.63. The molecule has 144 valence electrons. The fourth-order valence-electron chi connectivity index (χ4n) is 2.31. The third-order valence-corrected chi connectivity index (χ3v) is 5.72. The Morgan fingerprint density at radius 1 is 0.929 bits per heavy atom. The smallest absolute Gasteiger partial charge is 0.274 e. The van der Waals surface area contributed by atoms with Gasteiger partial charge in [-0.05, 0) is 54.6 Å². The van der Waals surface area contributed by atoms with Crippen LogP contribution in [0.2, 0.25) is 0 Å². The number of rotatable bonds is 6. The Morgan fingerprint density at radius 3 is 2.14 bits per heavy atom. The average molecular weight is 419 g/mol. The molecule has 0 atom stereocenters. The third-order valence-electron chi connectivity index (χ3n) is 3.61. The quantitative estimate of drug-likeness (QED) is 0.409. The van der Waals surface area contributed by atoms with Crippen LogP contribution < -0.4 is 4.74 Å². The number of benzene rings is 3. The Labute approximate surface area is 165 Å². The van der Waals surface area contributed by atoms with E-state index in [1.165, 1.54) is 60.3 Å². The molecule has 0 aliphatic carbocycles. The molecule has 0 aromatic heterocycles. The van der Waals surface area contributed by atoms with Crippen LogP contribution in [0.5, 0.6) is 11.5 Å². The molecule has 0 unspecified atom stereocenters. The lowest BCUT2D eigenvalue weighted by molar-refractivity contribution is -0.385. The van der Waals surface area contributed by atoms with Crippen molar-refractivity contribution >= 4 is 27.3 Å². The molecule has 3 aromatic rings. The molecule has 9 heteroatoms. The van der Waals surface area contributed by atoms with Crippen molar-refractivity contribution in [2.45, 2.75) is 14.7 Å². The lowest BCUT2D eigenvalue weighted by Gasteiger charge is -2.08. The number of hydrogen-bond donors (Lipinski definition) is 0. The van der Waals surface area contributed by atoms with Gasteiger partial charge in [0.05, 0.1) is 15.9 Å². The van der Waals surface area contributed by atoms with Gasteiger partial charge in [-0.2, -0.15) is 0 Å². The first-order valence-corrected chi connectivity index (χ1v) is 10.6. The molecule has 0 aliphatic heterocycles. The minimum atomic E-state index is -3.30. The van der Waals surface area contributed by atoms with Gasteiger partial charge < -0.3 is 4.74 Å². The topological polar surface area (TPSA) is 86.5 Å². The summed E-state index contributed by atoms with van der Waals surface area (Å²) in [5.74, 6) is 0.159. The van der Waals surface area contributed by atoms with E-state index < -0.39 is 20.6 Å². The summed E-state index contributed by atoms with van der Waals surface area (Å²) >= 11 is 1.23. The van der Waals surface area contributed by atoms with E-state index in [-0.39, 0.29) is 16.3 Å². The fraction of sp³-hybridized carbons (Fsp3) is 0.0526. The Morgan fingerprint density at radius 2 is 1.57 bits per heavy atom. The van der Waals surface area contributed by atoms with Gasteiger partial charge in [-0.25, -0.2) is 12.8 Å². The maximum Gasteiger partial charge on any atom is 0.274 e. The van der Waals surface area contributed by atoms with Crippen LogP contribution in [-0.2, 0) is 9.84 Å². The maximum absolute atomic E-state index is 13.0. The number of non-ortho nitro benzene ring substituents is 1. The van der Waals surface area contributed by atoms with Crippen LogP contribution in [0.25, 0.3) is 0 Å². The number of nitrogens with zero attached hydrogens (tertiary/aromatic N) is 1. The number of hydrogen-bond acceptors (Lipinski definition) is 6. The van der Waals surface area contributed by atoms with Crippen LogP contribution in [0, 0.1) is 15.9 Å². The molecule has 0 aliphatic rings. The van der Waals surface area contributed by atoms with Gasteiger partial charge in [-0.15, -0.1) is 0 Å². The SMILES string of the molecule is CS(=O)(=O)c1ccc(Sc2cc(Oc3ccc(F)cc3)cc([N+](=O)[O-])c2)cc1. The number of sulfone groups is 1. The molecule has 0 fully saturated rings. The molecule has 0 spiro atoms. The molecule has 0 bridgehead atoms. The highest BCUT2D eigenvalue weighted by molar-refractivity contribution is 7.99. The van der Waals surface area contributed by atoms with Crippen molar-refractivity contribution in [3.05, 3.63) is 82.7 Å². The van der Waals surface area contributed by atoms with Crippen molar-refractivity contribution < 1.29 is 22.5 Å². The highest BCUT2D eigenvalue weighted by Crippen LogP contribution is 2.35. The lowest BCUT2D eigenvalue weighted by Crippen LogP contribution is -1.96. The number of nitro benzene ring substituents is 1. The highest BCUT2D eigenvalue weighted by atomic mass is 32.2. The summed E-state index contributed by atoms with van der Waals surface area (Å²) < 4.78 is 41.7. The first-order chi connectivity index (χ1) is 13.2. The molecule has 3 rings (SSSR count). The van der Waals surface area contributed by atoms with E-state index in [1.807, 2.05) is 0 Å². The number of halogens is 1. The first kappa shape index (κ1) is 19.8. The van der Waals surface area contributed by atoms with Gasteiger partial charge in [0, 0.05) is 22.1 Å². The van der Waals surface area contributed by atoms with Gasteiger partial charge in [0.1, 0.15) is 17.3 Å². The van der Waals surface area contributed by atoms with Crippen LogP contribution >= 0.6 is 11.8 Å². The summed E-state index contributed by atoms with van der Waals surface area (Å²) in [6, 6.07) is 15.8. The van der Waals surface area contributed by atoms with E-state index in [4.69, 9.17) is 4.74 Å². The van der Waals surface area contributed by atoms with E-state index >= 15 is 0 Å². The lowest BCUT2D eigenvalue weighted by atomic mass is 10.3. The van der Waals surface area contributed by atoms with Crippen LogP contribution in [-0.4, -0.2) is 19.6 Å². The molecule has 0 N–H and O–H groups in total. The van der Waals surface area contributed by atoms with Gasteiger partial charge >= 0.3 is 0 Å². The van der Waals surface area contributed by atoms with Crippen molar-refractivity contribution in [1.82, 2.24) is 0 Å². The second kappa shape index (κ2) is 7.99. The standard InChI is InChI=1S/C19H14FNO5S2/c1-28(24,25)19-8-6-17(7-9-19)27-18-11-14(21(22)23)10-16(12-18)26-15-4-2-13(20)3-5-15/h2-12H,1H3. The molecule has 0 amide bonds. The van der Waals surface area contributed by atoms with E-state index in [2.05, 4.69) is 0 Å². The molecule has 28 heavy (non-hydrogen) atoms. The molecule has 0 saturated heterocycles. The van der Waals surface area contributed by atoms with Gasteiger partial charge in [0.15, 0.2) is 9.84 Å². The van der Waals surface area contributed by atoms with Gasteiger partial charge in [-0.1, -0.05) is 11.8 Å². The van der Waals surface area contributed by atoms with E-state index in [0.29, 0.717) is 15.5 Å². The maximum atomic E-state index is 13.0. The normalized spacial score (nSPS) is 11.2. The molecule has 0 saturated carbocycles. The summed E-state index contributed by atoms with van der Waals surface area (Å²) in [6.45, 7) is 0. The monoisotopic (exact) mass is 419 g/mol. The van der Waals surface area contributed by atoms with E-state index in [9.17, 15) is 22.9 Å².